The van der Waals surface area contributed by atoms with E-state index in [-0.39, 0.29) is 0 Å². The number of hydrogen-bond acceptors (Lipinski definition) is 2. The van der Waals surface area contributed by atoms with Crippen LogP contribution in [0.5, 0.6) is 0 Å². The summed E-state index contributed by atoms with van der Waals surface area (Å²) in [6.45, 7) is 0. The number of nitrogens with zero attached hydrogens (tertiary/aromatic N) is 1. The molecule has 10 heavy (non-hydrogen) atoms. The highest BCUT2D eigenvalue weighted by molar-refractivity contribution is 6.29. The first-order valence-corrected chi connectivity index (χ1v) is 4.02. The molecule has 0 aromatic rings. The van der Waals surface area contributed by atoms with Crippen molar-refractivity contribution in [3.63, 3.8) is 0 Å². The Hall–Kier alpha value is -0.210. The van der Waals surface area contributed by atoms with E-state index in [1.54, 1.807) is 0 Å². The molecule has 1 fully saturated rings. The van der Waals surface area contributed by atoms with Gasteiger partial charge in [-0.1, -0.05) is 11.6 Å². The van der Waals surface area contributed by atoms with Gasteiger partial charge in [-0.3, -0.25) is 0 Å². The van der Waals surface area contributed by atoms with Gasteiger partial charge in [-0.25, -0.2) is 5.43 Å². The summed E-state index contributed by atoms with van der Waals surface area (Å²) in [5.74, 6) is 0. The summed E-state index contributed by atoms with van der Waals surface area (Å²) in [5, 5.41) is 2.84. The topological polar surface area (TPSA) is 15.3 Å². The third-order valence-corrected chi connectivity index (χ3v) is 2.77. The number of nitrogens with one attached hydrogen (secondary N) is 1. The second-order valence-corrected chi connectivity index (χ2v) is 3.38. The summed E-state index contributed by atoms with van der Waals surface area (Å²) in [5.41, 5.74) is 4.72. The Morgan fingerprint density at radius 3 is 3.30 bits per heavy atom. The average Bonchev–Trinajstić information content (AvgIpc) is 2.29. The zero-order valence-electron chi connectivity index (χ0n) is 6.02. The molecular formula is C7H11ClN2. The summed E-state index contributed by atoms with van der Waals surface area (Å²) < 4.78 is 0. The van der Waals surface area contributed by atoms with Gasteiger partial charge in [-0.05, 0) is 24.8 Å². The smallest absolute Gasteiger partial charge is 0.118 e. The van der Waals surface area contributed by atoms with Crippen LogP contribution in [0.2, 0.25) is 0 Å². The van der Waals surface area contributed by atoms with Crippen LogP contribution in [0.25, 0.3) is 0 Å². The Labute approximate surface area is 65.8 Å². The van der Waals surface area contributed by atoms with Gasteiger partial charge < -0.3 is 5.01 Å². The second-order valence-electron chi connectivity index (χ2n) is 3.02. The zero-order chi connectivity index (χ0) is 7.14. The molecule has 0 radical (unpaired) electrons. The van der Waals surface area contributed by atoms with Gasteiger partial charge in [0, 0.05) is 13.1 Å². The van der Waals surface area contributed by atoms with Crippen LogP contribution < -0.4 is 5.43 Å². The summed E-state index contributed by atoms with van der Waals surface area (Å²) >= 11 is 6.00. The summed E-state index contributed by atoms with van der Waals surface area (Å²) in [6, 6.07) is 0.655. The van der Waals surface area contributed by atoms with E-state index in [4.69, 9.17) is 11.6 Å². The van der Waals surface area contributed by atoms with Gasteiger partial charge in [0.1, 0.15) is 5.16 Å². The Balaban J connectivity index is 2.31. The molecular weight excluding hydrogens is 148 g/mol. The molecule has 56 valence electrons. The molecule has 2 nitrogen and oxygen atoms in total. The highest BCUT2D eigenvalue weighted by Crippen LogP contribution is 2.33. The lowest BCUT2D eigenvalue weighted by Gasteiger charge is -2.27. The predicted octanol–water partition coefficient (Wildman–Crippen LogP) is 1.44. The predicted molar refractivity (Wildman–Crippen MR) is 41.4 cm³/mol. The molecule has 0 aromatic heterocycles. The molecule has 1 aliphatic carbocycles. The van der Waals surface area contributed by atoms with Crippen LogP contribution in [0.3, 0.4) is 0 Å². The van der Waals surface area contributed by atoms with Crippen molar-refractivity contribution in [2.75, 3.05) is 7.05 Å². The second kappa shape index (κ2) is 2.14. The van der Waals surface area contributed by atoms with Crippen molar-refractivity contribution in [3.8, 4) is 0 Å². The van der Waals surface area contributed by atoms with Gasteiger partial charge in [0.2, 0.25) is 0 Å². The van der Waals surface area contributed by atoms with Crippen LogP contribution in [0, 0.1) is 0 Å². The van der Waals surface area contributed by atoms with Gasteiger partial charge in [0.15, 0.2) is 0 Å². The molecule has 1 aliphatic heterocycles. The fourth-order valence-corrected chi connectivity index (χ4v) is 1.94. The van der Waals surface area contributed by atoms with Crippen LogP contribution >= 0.6 is 11.6 Å². The van der Waals surface area contributed by atoms with Crippen LogP contribution in [0.4, 0.5) is 0 Å². The van der Waals surface area contributed by atoms with Gasteiger partial charge in [0.05, 0.1) is 0 Å². The summed E-state index contributed by atoms with van der Waals surface area (Å²) in [6.07, 6.45) is 3.58. The number of rotatable bonds is 0. The first-order chi connectivity index (χ1) is 4.77. The van der Waals surface area contributed by atoms with Crippen molar-refractivity contribution in [2.45, 2.75) is 25.3 Å². The quantitative estimate of drug-likeness (QED) is 0.537. The molecule has 0 amide bonds. The monoisotopic (exact) mass is 158 g/mol. The lowest BCUT2D eigenvalue weighted by molar-refractivity contribution is 0.255. The normalized spacial score (nSPS) is 31.8. The molecule has 1 unspecified atom stereocenters. The van der Waals surface area contributed by atoms with Gasteiger partial charge in [0.25, 0.3) is 0 Å². The van der Waals surface area contributed by atoms with E-state index in [1.165, 1.54) is 18.4 Å². The highest BCUT2D eigenvalue weighted by Gasteiger charge is 2.28. The fraction of sp³-hybridized carbons (Fsp3) is 0.714. The average molecular weight is 159 g/mol. The maximum atomic E-state index is 6.00. The van der Waals surface area contributed by atoms with E-state index in [9.17, 15) is 0 Å². The Morgan fingerprint density at radius 1 is 1.70 bits per heavy atom. The van der Waals surface area contributed by atoms with E-state index in [0.717, 1.165) is 11.6 Å². The Morgan fingerprint density at radius 2 is 2.50 bits per heavy atom. The molecule has 1 heterocycles. The van der Waals surface area contributed by atoms with Crippen molar-refractivity contribution < 1.29 is 0 Å². The number of hydrogen-bond donors (Lipinski definition) is 1. The standard InChI is InChI=1S/C7H11ClN2/c1-10-7(8)5-2-3-6(4-5)9-10/h6,9H,2-4H2,1H3. The van der Waals surface area contributed by atoms with Crippen LogP contribution in [0.15, 0.2) is 10.7 Å². The molecule has 0 aromatic carbocycles. The zero-order valence-corrected chi connectivity index (χ0v) is 6.78. The number of fused-ring (bicyclic) bond motifs is 2. The third kappa shape index (κ3) is 0.831. The molecule has 2 rings (SSSR count). The Kier molecular flexibility index (Phi) is 1.39. The number of hydrazine groups is 1. The van der Waals surface area contributed by atoms with E-state index < -0.39 is 0 Å². The van der Waals surface area contributed by atoms with Crippen molar-refractivity contribution in [1.82, 2.24) is 10.4 Å². The largest absolute Gasteiger partial charge is 0.301 e. The number of halogens is 1. The molecule has 2 aliphatic rings. The maximum Gasteiger partial charge on any atom is 0.118 e. The van der Waals surface area contributed by atoms with E-state index >= 15 is 0 Å². The lowest BCUT2D eigenvalue weighted by atomic mass is 10.2. The van der Waals surface area contributed by atoms with Crippen molar-refractivity contribution >= 4 is 11.6 Å². The van der Waals surface area contributed by atoms with E-state index in [1.807, 2.05) is 12.1 Å². The maximum absolute atomic E-state index is 6.00. The summed E-state index contributed by atoms with van der Waals surface area (Å²) in [4.78, 5) is 0. The Bertz CT molecular complexity index is 188. The van der Waals surface area contributed by atoms with Crippen LogP contribution in [-0.2, 0) is 0 Å². The molecule has 1 atom stereocenters. The van der Waals surface area contributed by atoms with Gasteiger partial charge in [-0.15, -0.1) is 0 Å². The highest BCUT2D eigenvalue weighted by atomic mass is 35.5. The van der Waals surface area contributed by atoms with Crippen LogP contribution in [-0.4, -0.2) is 18.1 Å². The lowest BCUT2D eigenvalue weighted by Crippen LogP contribution is -2.41. The SMILES string of the molecule is CN1NC2CCC(=C1Cl)C2. The van der Waals surface area contributed by atoms with Crippen molar-refractivity contribution in [2.24, 2.45) is 0 Å². The van der Waals surface area contributed by atoms with Gasteiger partial charge >= 0.3 is 0 Å². The third-order valence-electron chi connectivity index (χ3n) is 2.25. The minimum Gasteiger partial charge on any atom is -0.301 e. The van der Waals surface area contributed by atoms with E-state index in [2.05, 4.69) is 5.43 Å². The molecule has 0 spiro atoms. The van der Waals surface area contributed by atoms with E-state index in [0.29, 0.717) is 6.04 Å². The fourth-order valence-electron chi connectivity index (χ4n) is 1.72. The minimum atomic E-state index is 0.655. The molecule has 2 bridgehead atoms. The van der Waals surface area contributed by atoms with Crippen molar-refractivity contribution in [3.05, 3.63) is 10.7 Å². The first kappa shape index (κ1) is 6.50. The van der Waals surface area contributed by atoms with Gasteiger partial charge in [-0.2, -0.15) is 0 Å². The van der Waals surface area contributed by atoms with Crippen LogP contribution in [0.1, 0.15) is 19.3 Å². The molecule has 1 saturated carbocycles. The minimum absolute atomic E-state index is 0.655. The molecule has 1 N–H and O–H groups in total. The molecule has 3 heteroatoms. The summed E-state index contributed by atoms with van der Waals surface area (Å²) in [7, 11) is 1.97. The molecule has 0 saturated heterocycles. The first-order valence-electron chi connectivity index (χ1n) is 3.65. The van der Waals surface area contributed by atoms with Crippen molar-refractivity contribution in [1.29, 1.82) is 0 Å².